The minimum Gasteiger partial charge on any atom is -0.347 e. The summed E-state index contributed by atoms with van der Waals surface area (Å²) in [4.78, 5) is 22.8. The second-order valence-corrected chi connectivity index (χ2v) is 2.21. The number of rotatable bonds is 3. The van der Waals surface area contributed by atoms with Gasteiger partial charge in [0, 0.05) is 14.1 Å². The zero-order valence-electron chi connectivity index (χ0n) is 6.76. The van der Waals surface area contributed by atoms with Crippen LogP contribution in [0.1, 0.15) is 0 Å². The van der Waals surface area contributed by atoms with Crippen molar-refractivity contribution in [3.05, 3.63) is 12.7 Å². The van der Waals surface area contributed by atoms with Crippen molar-refractivity contribution in [3.8, 4) is 0 Å². The molecule has 0 bridgehead atoms. The van der Waals surface area contributed by atoms with Gasteiger partial charge in [0.25, 0.3) is 0 Å². The minimum absolute atomic E-state index is 0.0256. The van der Waals surface area contributed by atoms with E-state index in [-0.39, 0.29) is 18.4 Å². The number of likely N-dealkylation sites (N-methyl/N-ethyl adjacent to an activating group) is 1. The quantitative estimate of drug-likeness (QED) is 0.553. The molecule has 0 rings (SSSR count). The zero-order chi connectivity index (χ0) is 8.85. The average molecular weight is 156 g/mol. The van der Waals surface area contributed by atoms with Crippen LogP contribution in [0.25, 0.3) is 0 Å². The van der Waals surface area contributed by atoms with E-state index in [1.54, 1.807) is 14.1 Å². The van der Waals surface area contributed by atoms with Gasteiger partial charge in [-0.2, -0.15) is 0 Å². The molecule has 0 saturated carbocycles. The summed E-state index contributed by atoms with van der Waals surface area (Å²) in [6.07, 6.45) is 1.13. The first-order valence-electron chi connectivity index (χ1n) is 3.18. The van der Waals surface area contributed by atoms with Crippen LogP contribution in [-0.4, -0.2) is 37.4 Å². The number of nitrogens with zero attached hydrogens (tertiary/aromatic N) is 1. The van der Waals surface area contributed by atoms with Crippen molar-refractivity contribution < 1.29 is 9.59 Å². The molecule has 0 aromatic heterocycles. The maximum absolute atomic E-state index is 10.8. The molecule has 0 aliphatic heterocycles. The molecule has 1 N–H and O–H groups in total. The molecule has 0 aliphatic rings. The molecule has 11 heavy (non-hydrogen) atoms. The van der Waals surface area contributed by atoms with Crippen molar-refractivity contribution in [1.29, 1.82) is 0 Å². The van der Waals surface area contributed by atoms with Gasteiger partial charge in [0.1, 0.15) is 0 Å². The number of amides is 2. The van der Waals surface area contributed by atoms with Gasteiger partial charge in [0.05, 0.1) is 6.54 Å². The third kappa shape index (κ3) is 4.13. The lowest BCUT2D eigenvalue weighted by atomic mass is 10.5. The van der Waals surface area contributed by atoms with Crippen LogP contribution >= 0.6 is 0 Å². The Morgan fingerprint density at radius 2 is 2.09 bits per heavy atom. The van der Waals surface area contributed by atoms with Gasteiger partial charge in [-0.05, 0) is 6.08 Å². The fourth-order valence-corrected chi connectivity index (χ4v) is 0.393. The Morgan fingerprint density at radius 1 is 1.55 bits per heavy atom. The van der Waals surface area contributed by atoms with Gasteiger partial charge >= 0.3 is 0 Å². The van der Waals surface area contributed by atoms with Crippen LogP contribution < -0.4 is 5.32 Å². The number of hydrogen-bond donors (Lipinski definition) is 1. The predicted molar refractivity (Wildman–Crippen MR) is 41.9 cm³/mol. The van der Waals surface area contributed by atoms with Crippen molar-refractivity contribution in [1.82, 2.24) is 10.2 Å². The largest absolute Gasteiger partial charge is 0.347 e. The van der Waals surface area contributed by atoms with Gasteiger partial charge in [-0.25, -0.2) is 0 Å². The summed E-state index contributed by atoms with van der Waals surface area (Å²) >= 11 is 0. The Hall–Kier alpha value is -1.32. The molecule has 0 aliphatic carbocycles. The molecule has 0 fully saturated rings. The van der Waals surface area contributed by atoms with Crippen LogP contribution in [0.4, 0.5) is 0 Å². The molecule has 0 atom stereocenters. The van der Waals surface area contributed by atoms with Crippen molar-refractivity contribution in [2.75, 3.05) is 20.6 Å². The van der Waals surface area contributed by atoms with Gasteiger partial charge in [-0.15, -0.1) is 0 Å². The fraction of sp³-hybridized carbons (Fsp3) is 0.429. The van der Waals surface area contributed by atoms with Gasteiger partial charge in [0.2, 0.25) is 11.8 Å². The van der Waals surface area contributed by atoms with E-state index in [1.165, 1.54) is 4.90 Å². The van der Waals surface area contributed by atoms with E-state index < -0.39 is 0 Å². The molecule has 0 spiro atoms. The van der Waals surface area contributed by atoms with E-state index in [4.69, 9.17) is 0 Å². The molecule has 0 unspecified atom stereocenters. The smallest absolute Gasteiger partial charge is 0.243 e. The van der Waals surface area contributed by atoms with Crippen LogP contribution in [0.5, 0.6) is 0 Å². The van der Waals surface area contributed by atoms with E-state index in [0.717, 1.165) is 6.08 Å². The second kappa shape index (κ2) is 4.49. The first kappa shape index (κ1) is 9.68. The number of nitrogens with one attached hydrogen (secondary N) is 1. The van der Waals surface area contributed by atoms with Crippen molar-refractivity contribution in [3.63, 3.8) is 0 Å². The molecule has 4 nitrogen and oxygen atoms in total. The van der Waals surface area contributed by atoms with E-state index in [0.29, 0.717) is 0 Å². The van der Waals surface area contributed by atoms with Crippen LogP contribution in [0.15, 0.2) is 12.7 Å². The van der Waals surface area contributed by atoms with E-state index in [2.05, 4.69) is 11.9 Å². The molecule has 0 aromatic carbocycles. The highest BCUT2D eigenvalue weighted by molar-refractivity contribution is 5.90. The second-order valence-electron chi connectivity index (χ2n) is 2.21. The van der Waals surface area contributed by atoms with Crippen molar-refractivity contribution in [2.24, 2.45) is 0 Å². The molecular weight excluding hydrogens is 144 g/mol. The first-order valence-corrected chi connectivity index (χ1v) is 3.18. The Kier molecular flexibility index (Phi) is 3.95. The normalized spacial score (nSPS) is 8.55. The van der Waals surface area contributed by atoms with Gasteiger partial charge < -0.3 is 10.2 Å². The summed E-state index contributed by atoms with van der Waals surface area (Å²) in [6.45, 7) is 3.27. The lowest BCUT2D eigenvalue weighted by molar-refractivity contribution is -0.129. The molecule has 0 saturated heterocycles. The van der Waals surface area contributed by atoms with Gasteiger partial charge in [0.15, 0.2) is 0 Å². The molecule has 2 amide bonds. The molecule has 0 aromatic rings. The van der Waals surface area contributed by atoms with Gasteiger partial charge in [-0.1, -0.05) is 6.58 Å². The molecular formula is C7H12N2O2. The van der Waals surface area contributed by atoms with Crippen molar-refractivity contribution in [2.45, 2.75) is 0 Å². The highest BCUT2D eigenvalue weighted by Crippen LogP contribution is 1.75. The highest BCUT2D eigenvalue weighted by atomic mass is 16.2. The summed E-state index contributed by atoms with van der Waals surface area (Å²) in [5.41, 5.74) is 0. The van der Waals surface area contributed by atoms with Crippen molar-refractivity contribution >= 4 is 11.8 Å². The van der Waals surface area contributed by atoms with E-state index >= 15 is 0 Å². The third-order valence-electron chi connectivity index (χ3n) is 1.10. The lowest BCUT2D eigenvalue weighted by Gasteiger charge is -2.09. The molecule has 4 heteroatoms. The zero-order valence-corrected chi connectivity index (χ0v) is 6.76. The van der Waals surface area contributed by atoms with Crippen LogP contribution in [0.2, 0.25) is 0 Å². The summed E-state index contributed by atoms with van der Waals surface area (Å²) in [5, 5.41) is 2.37. The summed E-state index contributed by atoms with van der Waals surface area (Å²) in [7, 11) is 3.25. The van der Waals surface area contributed by atoms with E-state index in [1.807, 2.05) is 0 Å². The molecule has 0 radical (unpaired) electrons. The van der Waals surface area contributed by atoms with Crippen LogP contribution in [-0.2, 0) is 9.59 Å². The summed E-state index contributed by atoms with van der Waals surface area (Å²) in [5.74, 6) is -0.472. The summed E-state index contributed by atoms with van der Waals surface area (Å²) in [6, 6.07) is 0. The number of hydrogen-bond acceptors (Lipinski definition) is 2. The Bertz CT molecular complexity index is 175. The fourth-order valence-electron chi connectivity index (χ4n) is 0.393. The third-order valence-corrected chi connectivity index (χ3v) is 1.10. The first-order chi connectivity index (χ1) is 5.07. The predicted octanol–water partition coefficient (Wildman–Crippen LogP) is -0.623. The Labute approximate surface area is 65.9 Å². The average Bonchev–Trinajstić information content (AvgIpc) is 1.99. The van der Waals surface area contributed by atoms with Crippen LogP contribution in [0, 0.1) is 0 Å². The standard InChI is InChI=1S/C7H12N2O2/c1-4-6(10)8-5-7(11)9(2)3/h4H,1,5H2,2-3H3,(H,8,10). The van der Waals surface area contributed by atoms with Crippen LogP contribution in [0.3, 0.4) is 0 Å². The summed E-state index contributed by atoms with van der Waals surface area (Å²) < 4.78 is 0. The Morgan fingerprint density at radius 3 is 2.45 bits per heavy atom. The maximum atomic E-state index is 10.8. The highest BCUT2D eigenvalue weighted by Gasteiger charge is 2.03. The lowest BCUT2D eigenvalue weighted by Crippen LogP contribution is -2.35. The number of carbonyl (C=O) groups is 2. The van der Waals surface area contributed by atoms with Gasteiger partial charge in [-0.3, -0.25) is 9.59 Å². The topological polar surface area (TPSA) is 49.4 Å². The molecule has 0 heterocycles. The Balaban J connectivity index is 3.62. The maximum Gasteiger partial charge on any atom is 0.243 e. The monoisotopic (exact) mass is 156 g/mol. The number of carbonyl (C=O) groups excluding carboxylic acids is 2. The SMILES string of the molecule is C=CC(=O)NCC(=O)N(C)C. The van der Waals surface area contributed by atoms with E-state index in [9.17, 15) is 9.59 Å². The minimum atomic E-state index is -0.333. The molecule has 62 valence electrons.